The van der Waals surface area contributed by atoms with E-state index >= 15 is 0 Å². The summed E-state index contributed by atoms with van der Waals surface area (Å²) < 4.78 is 24.6. The van der Waals surface area contributed by atoms with E-state index in [9.17, 15) is 14.7 Å². The molecule has 1 aromatic heterocycles. The molecule has 2 N–H and O–H groups in total. The largest absolute Gasteiger partial charge is 0.465 e. The van der Waals surface area contributed by atoms with E-state index < -0.39 is 23.4 Å². The van der Waals surface area contributed by atoms with Gasteiger partial charge in [0, 0.05) is 36.7 Å². The molecule has 9 heteroatoms. The lowest BCUT2D eigenvalue weighted by Crippen LogP contribution is -2.33. The highest BCUT2D eigenvalue weighted by Crippen LogP contribution is 2.35. The van der Waals surface area contributed by atoms with Crippen molar-refractivity contribution in [3.05, 3.63) is 29.5 Å². The molecule has 0 radical (unpaired) electrons. The lowest BCUT2D eigenvalue weighted by Gasteiger charge is -2.25. The molecule has 0 aliphatic carbocycles. The van der Waals surface area contributed by atoms with E-state index in [1.807, 2.05) is 53.7 Å². The first-order valence-electron chi connectivity index (χ1n) is 13.1. The number of alkyl carbamates (subject to hydrolysis) is 1. The van der Waals surface area contributed by atoms with E-state index in [1.165, 1.54) is 4.57 Å². The van der Waals surface area contributed by atoms with Crippen LogP contribution in [0.2, 0.25) is 0 Å². The molecule has 0 saturated carbocycles. The fourth-order valence-corrected chi connectivity index (χ4v) is 4.29. The highest BCUT2D eigenvalue weighted by atomic mass is 16.7. The van der Waals surface area contributed by atoms with E-state index in [0.717, 1.165) is 35.8 Å². The summed E-state index contributed by atoms with van der Waals surface area (Å²) in [4.78, 5) is 25.3. The van der Waals surface area contributed by atoms with Crippen molar-refractivity contribution >= 4 is 23.1 Å². The third kappa shape index (κ3) is 8.36. The van der Waals surface area contributed by atoms with E-state index in [0.29, 0.717) is 43.7 Å². The van der Waals surface area contributed by atoms with Crippen LogP contribution in [0.1, 0.15) is 78.4 Å². The maximum absolute atomic E-state index is 13.1. The van der Waals surface area contributed by atoms with E-state index in [2.05, 4.69) is 5.32 Å². The van der Waals surface area contributed by atoms with Crippen molar-refractivity contribution in [2.45, 2.75) is 97.6 Å². The number of hydrogen-bond donors (Lipinski definition) is 2. The summed E-state index contributed by atoms with van der Waals surface area (Å²) in [5, 5.41) is 13.2. The number of amides is 1. The maximum atomic E-state index is 13.1. The lowest BCUT2D eigenvalue weighted by molar-refractivity contribution is -0.106. The van der Waals surface area contributed by atoms with Gasteiger partial charge in [0.25, 0.3) is 0 Å². The van der Waals surface area contributed by atoms with Crippen LogP contribution in [0.4, 0.5) is 9.59 Å². The third-order valence-electron chi connectivity index (χ3n) is 5.75. The number of aliphatic hydroxyl groups is 1. The number of benzene rings is 1. The van der Waals surface area contributed by atoms with E-state index in [1.54, 1.807) is 6.20 Å². The van der Waals surface area contributed by atoms with E-state index in [-0.39, 0.29) is 12.9 Å². The number of rotatable bonds is 8. The Morgan fingerprint density at radius 1 is 1.08 bits per heavy atom. The van der Waals surface area contributed by atoms with Crippen molar-refractivity contribution < 1.29 is 33.6 Å². The van der Waals surface area contributed by atoms with Crippen molar-refractivity contribution in [2.75, 3.05) is 19.8 Å². The second-order valence-corrected chi connectivity index (χ2v) is 11.4. The Morgan fingerprint density at radius 2 is 1.81 bits per heavy atom. The SMILES string of the molecule is CC(C)(C)OC(=O)NCCc1cn(C(=O)OC(C)(C)C)c2ccc(OC3CCCCO3)c(CCCO)c12. The van der Waals surface area contributed by atoms with E-state index in [4.69, 9.17) is 18.9 Å². The normalized spacial score (nSPS) is 16.5. The molecule has 1 saturated heterocycles. The summed E-state index contributed by atoms with van der Waals surface area (Å²) in [6.45, 7) is 11.9. The molecule has 2 aromatic rings. The second kappa shape index (κ2) is 12.2. The van der Waals surface area contributed by atoms with Gasteiger partial charge in [0.2, 0.25) is 0 Å². The minimum Gasteiger partial charge on any atom is -0.465 e. The van der Waals surface area contributed by atoms with Gasteiger partial charge < -0.3 is 29.4 Å². The molecule has 1 unspecified atom stereocenters. The Hall–Kier alpha value is -2.78. The molecule has 3 rings (SSSR count). The number of fused-ring (bicyclic) bond motifs is 1. The summed E-state index contributed by atoms with van der Waals surface area (Å²) >= 11 is 0. The molecule has 37 heavy (non-hydrogen) atoms. The first-order chi connectivity index (χ1) is 17.4. The monoisotopic (exact) mass is 518 g/mol. The van der Waals surface area contributed by atoms with Crippen LogP contribution in [-0.2, 0) is 27.1 Å². The van der Waals surface area contributed by atoms with Gasteiger partial charge in [-0.15, -0.1) is 0 Å². The smallest absolute Gasteiger partial charge is 0.419 e. The number of aromatic nitrogens is 1. The number of hydrogen-bond acceptors (Lipinski definition) is 7. The van der Waals surface area contributed by atoms with Gasteiger partial charge in [-0.1, -0.05) is 0 Å². The Labute approximate surface area is 219 Å². The van der Waals surface area contributed by atoms with Crippen LogP contribution in [0, 0.1) is 0 Å². The molecular formula is C28H42N2O7. The minimum atomic E-state index is -0.660. The number of nitrogens with zero attached hydrogens (tertiary/aromatic N) is 1. The molecular weight excluding hydrogens is 476 g/mol. The van der Waals surface area contributed by atoms with Gasteiger partial charge in [-0.05, 0) is 91.3 Å². The topological polar surface area (TPSA) is 108 Å². The zero-order valence-corrected chi connectivity index (χ0v) is 23.0. The Bertz CT molecular complexity index is 1070. The Morgan fingerprint density at radius 3 is 2.43 bits per heavy atom. The van der Waals surface area contributed by atoms with Crippen LogP contribution in [0.15, 0.2) is 18.3 Å². The highest BCUT2D eigenvalue weighted by molar-refractivity contribution is 5.95. The van der Waals surface area contributed by atoms with Crippen molar-refractivity contribution in [1.82, 2.24) is 9.88 Å². The Balaban J connectivity index is 1.99. The van der Waals surface area contributed by atoms with Crippen molar-refractivity contribution in [3.63, 3.8) is 0 Å². The first-order valence-corrected chi connectivity index (χ1v) is 13.1. The molecule has 1 fully saturated rings. The van der Waals surface area contributed by atoms with Crippen LogP contribution < -0.4 is 10.1 Å². The number of carbonyl (C=O) groups is 2. The molecule has 1 atom stereocenters. The van der Waals surface area contributed by atoms with Crippen molar-refractivity contribution in [3.8, 4) is 5.75 Å². The number of ether oxygens (including phenoxy) is 4. The third-order valence-corrected chi connectivity index (χ3v) is 5.75. The molecule has 2 heterocycles. The standard InChI is InChI=1S/C28H42N2O7/c1-27(2,3)36-25(32)29-15-14-19-18-30(26(33)37-28(4,5)6)21-12-13-22(20(24(19)21)10-9-16-31)35-23-11-7-8-17-34-23/h12-13,18,23,31H,7-11,14-17H2,1-6H3,(H,29,32). The maximum Gasteiger partial charge on any atom is 0.419 e. The zero-order valence-electron chi connectivity index (χ0n) is 23.0. The van der Waals surface area contributed by atoms with Gasteiger partial charge in [-0.3, -0.25) is 4.57 Å². The fourth-order valence-electron chi connectivity index (χ4n) is 4.29. The molecule has 9 nitrogen and oxygen atoms in total. The molecule has 1 aliphatic rings. The average molecular weight is 519 g/mol. The molecule has 0 spiro atoms. The van der Waals surface area contributed by atoms with Gasteiger partial charge in [0.1, 0.15) is 17.0 Å². The van der Waals surface area contributed by atoms with Crippen LogP contribution in [0.25, 0.3) is 10.9 Å². The van der Waals surface area contributed by atoms with Gasteiger partial charge in [-0.2, -0.15) is 0 Å². The number of aliphatic hydroxyl groups excluding tert-OH is 1. The first kappa shape index (κ1) is 28.8. The summed E-state index contributed by atoms with van der Waals surface area (Å²) in [5.74, 6) is 0.677. The lowest BCUT2D eigenvalue weighted by atomic mass is 9.99. The minimum absolute atomic E-state index is 0.0259. The summed E-state index contributed by atoms with van der Waals surface area (Å²) in [7, 11) is 0. The summed E-state index contributed by atoms with van der Waals surface area (Å²) in [5.41, 5.74) is 1.19. The summed E-state index contributed by atoms with van der Waals surface area (Å²) in [6, 6.07) is 3.71. The fraction of sp³-hybridized carbons (Fsp3) is 0.643. The van der Waals surface area contributed by atoms with Crippen LogP contribution in [-0.4, -0.2) is 59.1 Å². The van der Waals surface area contributed by atoms with Crippen LogP contribution in [0.5, 0.6) is 5.75 Å². The number of aryl methyl sites for hydroxylation is 1. The van der Waals surface area contributed by atoms with Gasteiger partial charge in [0.05, 0.1) is 12.1 Å². The Kier molecular flexibility index (Phi) is 9.47. The quantitative estimate of drug-likeness (QED) is 0.487. The van der Waals surface area contributed by atoms with Crippen molar-refractivity contribution in [1.29, 1.82) is 0 Å². The summed E-state index contributed by atoms with van der Waals surface area (Å²) in [6.07, 6.45) is 4.87. The van der Waals surface area contributed by atoms with Gasteiger partial charge in [-0.25, -0.2) is 9.59 Å². The van der Waals surface area contributed by atoms with Crippen LogP contribution >= 0.6 is 0 Å². The number of carbonyl (C=O) groups excluding carboxylic acids is 2. The molecule has 0 bridgehead atoms. The second-order valence-electron chi connectivity index (χ2n) is 11.4. The predicted molar refractivity (Wildman–Crippen MR) is 141 cm³/mol. The van der Waals surface area contributed by atoms with Gasteiger partial charge >= 0.3 is 12.2 Å². The molecule has 206 valence electrons. The molecule has 1 aliphatic heterocycles. The predicted octanol–water partition coefficient (Wildman–Crippen LogP) is 5.32. The average Bonchev–Trinajstić information content (AvgIpc) is 3.16. The molecule has 1 aromatic carbocycles. The molecule has 1 amide bonds. The zero-order chi connectivity index (χ0) is 27.2. The van der Waals surface area contributed by atoms with Crippen molar-refractivity contribution in [2.24, 2.45) is 0 Å². The van der Waals surface area contributed by atoms with Gasteiger partial charge in [0.15, 0.2) is 6.29 Å². The number of nitrogens with one attached hydrogen (secondary N) is 1. The van der Waals surface area contributed by atoms with Crippen LogP contribution in [0.3, 0.4) is 0 Å². The highest BCUT2D eigenvalue weighted by Gasteiger charge is 2.25.